The van der Waals surface area contributed by atoms with Crippen molar-refractivity contribution in [1.29, 1.82) is 0 Å². The largest absolute Gasteiger partial charge is 0.370 e. The summed E-state index contributed by atoms with van der Waals surface area (Å²) in [6.45, 7) is 14.7. The molecule has 0 amide bonds. The molecular formula is C16H26N4S. The smallest absolute Gasteiger partial charge is 0.146 e. The third-order valence-electron chi connectivity index (χ3n) is 3.77. The topological polar surface area (TPSA) is 41.1 Å². The van der Waals surface area contributed by atoms with Crippen LogP contribution in [0.3, 0.4) is 0 Å². The minimum Gasteiger partial charge on any atom is -0.370 e. The van der Waals surface area contributed by atoms with Crippen molar-refractivity contribution in [3.8, 4) is 0 Å². The standard InChI is InChI=1S/C16H26N4S/c1-6-9-20(8-3)10-13-18-15(17-7-2)14-11(4)12(5)21-16(14)19-13/h6-10H2,1-5H3,(H,17,18,19). The molecule has 0 saturated carbocycles. The maximum atomic E-state index is 4.80. The average Bonchev–Trinajstić information content (AvgIpc) is 2.74. The van der Waals surface area contributed by atoms with Crippen LogP contribution in [-0.4, -0.2) is 34.5 Å². The van der Waals surface area contributed by atoms with Crippen LogP contribution >= 0.6 is 11.3 Å². The number of hydrogen-bond donors (Lipinski definition) is 1. The summed E-state index contributed by atoms with van der Waals surface area (Å²) in [6, 6.07) is 0. The Labute approximate surface area is 131 Å². The van der Waals surface area contributed by atoms with Gasteiger partial charge in [0.2, 0.25) is 0 Å². The molecule has 0 atom stereocenters. The van der Waals surface area contributed by atoms with Crippen molar-refractivity contribution in [2.75, 3.05) is 25.0 Å². The van der Waals surface area contributed by atoms with E-state index in [9.17, 15) is 0 Å². The molecule has 2 rings (SSSR count). The molecule has 0 unspecified atom stereocenters. The van der Waals surface area contributed by atoms with Crippen LogP contribution in [-0.2, 0) is 6.54 Å². The molecule has 0 fully saturated rings. The fourth-order valence-electron chi connectivity index (χ4n) is 2.53. The first kappa shape index (κ1) is 16.2. The normalized spacial score (nSPS) is 11.5. The highest BCUT2D eigenvalue weighted by molar-refractivity contribution is 7.18. The van der Waals surface area contributed by atoms with Crippen molar-refractivity contribution in [3.63, 3.8) is 0 Å². The first-order valence-corrected chi connectivity index (χ1v) is 8.65. The predicted octanol–water partition coefficient (Wildman–Crippen LogP) is 3.97. The number of aromatic nitrogens is 2. The molecule has 0 aliphatic carbocycles. The van der Waals surface area contributed by atoms with Crippen LogP contribution in [0.5, 0.6) is 0 Å². The van der Waals surface area contributed by atoms with E-state index in [-0.39, 0.29) is 0 Å². The summed E-state index contributed by atoms with van der Waals surface area (Å²) in [5.41, 5.74) is 1.30. The summed E-state index contributed by atoms with van der Waals surface area (Å²) in [7, 11) is 0. The number of fused-ring (bicyclic) bond motifs is 1. The number of nitrogens with one attached hydrogen (secondary N) is 1. The van der Waals surface area contributed by atoms with Crippen LogP contribution in [0.25, 0.3) is 10.2 Å². The summed E-state index contributed by atoms with van der Waals surface area (Å²) in [5.74, 6) is 1.92. The lowest BCUT2D eigenvalue weighted by Gasteiger charge is -2.19. The van der Waals surface area contributed by atoms with Crippen molar-refractivity contribution in [3.05, 3.63) is 16.3 Å². The van der Waals surface area contributed by atoms with Gasteiger partial charge in [0.1, 0.15) is 16.5 Å². The number of anilines is 1. The van der Waals surface area contributed by atoms with E-state index in [1.165, 1.54) is 15.8 Å². The van der Waals surface area contributed by atoms with Gasteiger partial charge in [-0.3, -0.25) is 4.90 Å². The second-order valence-corrected chi connectivity index (χ2v) is 6.55. The number of nitrogens with zero attached hydrogens (tertiary/aromatic N) is 3. The summed E-state index contributed by atoms with van der Waals surface area (Å²) >= 11 is 1.77. The fraction of sp³-hybridized carbons (Fsp3) is 0.625. The molecule has 0 spiro atoms. The zero-order chi connectivity index (χ0) is 15.4. The van der Waals surface area contributed by atoms with Crippen LogP contribution in [0.4, 0.5) is 5.82 Å². The Hall–Kier alpha value is -1.20. The molecule has 0 radical (unpaired) electrons. The molecule has 0 saturated heterocycles. The minimum absolute atomic E-state index is 0.828. The number of thiophene rings is 1. The molecule has 21 heavy (non-hydrogen) atoms. The fourth-order valence-corrected chi connectivity index (χ4v) is 3.57. The van der Waals surface area contributed by atoms with Crippen LogP contribution in [0.2, 0.25) is 0 Å². The van der Waals surface area contributed by atoms with Gasteiger partial charge >= 0.3 is 0 Å². The molecule has 2 aromatic rings. The van der Waals surface area contributed by atoms with Gasteiger partial charge < -0.3 is 5.32 Å². The lowest BCUT2D eigenvalue weighted by molar-refractivity contribution is 0.274. The second kappa shape index (κ2) is 7.18. The molecule has 2 heterocycles. The van der Waals surface area contributed by atoms with Crippen LogP contribution in [0.15, 0.2) is 0 Å². The van der Waals surface area contributed by atoms with E-state index in [2.05, 4.69) is 44.8 Å². The molecule has 4 nitrogen and oxygen atoms in total. The molecule has 0 bridgehead atoms. The van der Waals surface area contributed by atoms with E-state index in [1.807, 2.05) is 0 Å². The molecule has 0 aromatic carbocycles. The van der Waals surface area contributed by atoms with Crippen LogP contribution in [0, 0.1) is 13.8 Å². The highest BCUT2D eigenvalue weighted by Crippen LogP contribution is 2.33. The zero-order valence-corrected chi connectivity index (χ0v) is 14.6. The van der Waals surface area contributed by atoms with Crippen molar-refractivity contribution >= 4 is 27.4 Å². The van der Waals surface area contributed by atoms with Gasteiger partial charge in [-0.25, -0.2) is 9.97 Å². The van der Waals surface area contributed by atoms with E-state index in [4.69, 9.17) is 9.97 Å². The zero-order valence-electron chi connectivity index (χ0n) is 13.8. The first-order valence-electron chi connectivity index (χ1n) is 7.83. The van der Waals surface area contributed by atoms with E-state index in [0.29, 0.717) is 0 Å². The Morgan fingerprint density at radius 1 is 1.14 bits per heavy atom. The van der Waals surface area contributed by atoms with E-state index in [1.54, 1.807) is 11.3 Å². The highest BCUT2D eigenvalue weighted by Gasteiger charge is 2.15. The molecule has 1 N–H and O–H groups in total. The van der Waals surface area contributed by atoms with Gasteiger partial charge in [0.05, 0.1) is 11.9 Å². The van der Waals surface area contributed by atoms with Crippen molar-refractivity contribution in [1.82, 2.24) is 14.9 Å². The lowest BCUT2D eigenvalue weighted by Crippen LogP contribution is -2.25. The Bertz CT molecular complexity index is 606. The quantitative estimate of drug-likeness (QED) is 0.840. The second-order valence-electron chi connectivity index (χ2n) is 5.35. The van der Waals surface area contributed by atoms with E-state index < -0.39 is 0 Å². The maximum Gasteiger partial charge on any atom is 0.146 e. The molecule has 0 aliphatic rings. The highest BCUT2D eigenvalue weighted by atomic mass is 32.1. The minimum atomic E-state index is 0.828. The van der Waals surface area contributed by atoms with Crippen LogP contribution < -0.4 is 5.32 Å². The van der Waals surface area contributed by atoms with E-state index in [0.717, 1.165) is 49.1 Å². The Morgan fingerprint density at radius 3 is 2.52 bits per heavy atom. The maximum absolute atomic E-state index is 4.80. The van der Waals surface area contributed by atoms with Crippen LogP contribution in [0.1, 0.15) is 43.5 Å². The summed E-state index contributed by atoms with van der Waals surface area (Å²) < 4.78 is 0. The number of rotatable bonds is 7. The predicted molar refractivity (Wildman–Crippen MR) is 92.3 cm³/mol. The van der Waals surface area contributed by atoms with Gasteiger partial charge in [-0.2, -0.15) is 0 Å². The summed E-state index contributed by atoms with van der Waals surface area (Å²) in [4.78, 5) is 14.4. The van der Waals surface area contributed by atoms with Gasteiger partial charge in [-0.05, 0) is 45.8 Å². The van der Waals surface area contributed by atoms with Crippen molar-refractivity contribution in [2.45, 2.75) is 47.6 Å². The molecule has 116 valence electrons. The Balaban J connectivity index is 2.41. The molecule has 2 aromatic heterocycles. The molecule has 0 aliphatic heterocycles. The Kier molecular flexibility index (Phi) is 5.53. The SMILES string of the molecule is CCCN(CC)Cc1nc(NCC)c2c(C)c(C)sc2n1. The Morgan fingerprint density at radius 2 is 1.90 bits per heavy atom. The lowest BCUT2D eigenvalue weighted by atomic mass is 10.2. The third kappa shape index (κ3) is 3.52. The monoisotopic (exact) mass is 306 g/mol. The van der Waals surface area contributed by atoms with E-state index >= 15 is 0 Å². The third-order valence-corrected chi connectivity index (χ3v) is 4.87. The van der Waals surface area contributed by atoms with Crippen molar-refractivity contribution < 1.29 is 0 Å². The van der Waals surface area contributed by atoms with Gasteiger partial charge in [0, 0.05) is 11.4 Å². The van der Waals surface area contributed by atoms with Gasteiger partial charge in [0.25, 0.3) is 0 Å². The van der Waals surface area contributed by atoms with Gasteiger partial charge in [-0.15, -0.1) is 11.3 Å². The van der Waals surface area contributed by atoms with Gasteiger partial charge in [0.15, 0.2) is 0 Å². The summed E-state index contributed by atoms with van der Waals surface area (Å²) in [5, 5.41) is 4.60. The first-order chi connectivity index (χ1) is 10.1. The van der Waals surface area contributed by atoms with Crippen molar-refractivity contribution in [2.24, 2.45) is 0 Å². The molecule has 5 heteroatoms. The summed E-state index contributed by atoms with van der Waals surface area (Å²) in [6.07, 6.45) is 1.16. The molecular weight excluding hydrogens is 280 g/mol. The number of aryl methyl sites for hydroxylation is 2. The number of hydrogen-bond acceptors (Lipinski definition) is 5. The average molecular weight is 306 g/mol. The van der Waals surface area contributed by atoms with Gasteiger partial charge in [-0.1, -0.05) is 13.8 Å².